The third-order valence-electron chi connectivity index (χ3n) is 3.32. The molecule has 2 aromatic carbocycles. The first-order valence-electron chi connectivity index (χ1n) is 7.25. The van der Waals surface area contributed by atoms with Gasteiger partial charge in [-0.05, 0) is 29.3 Å². The van der Waals surface area contributed by atoms with Gasteiger partial charge in [-0.2, -0.15) is 5.10 Å². The molecule has 1 aromatic heterocycles. The van der Waals surface area contributed by atoms with E-state index < -0.39 is 0 Å². The molecule has 1 amide bonds. The molecule has 1 heterocycles. The van der Waals surface area contributed by atoms with Crippen LogP contribution < -0.4 is 5.32 Å². The highest BCUT2D eigenvalue weighted by molar-refractivity contribution is 5.95. The summed E-state index contributed by atoms with van der Waals surface area (Å²) in [6, 6.07) is 17.2. The Morgan fingerprint density at radius 1 is 1.09 bits per heavy atom. The van der Waals surface area contributed by atoms with E-state index in [2.05, 4.69) is 15.4 Å². The molecule has 114 valence electrons. The molecule has 0 atom stereocenters. The van der Waals surface area contributed by atoms with Gasteiger partial charge < -0.3 is 5.32 Å². The lowest BCUT2D eigenvalue weighted by molar-refractivity contribution is 0.0970. The van der Waals surface area contributed by atoms with Crippen molar-refractivity contribution in [1.82, 2.24) is 20.1 Å². The summed E-state index contributed by atoms with van der Waals surface area (Å²) in [5.74, 6) is -0.135. The van der Waals surface area contributed by atoms with Crippen molar-refractivity contribution < 1.29 is 4.79 Å². The molecule has 0 saturated carbocycles. The number of benzene rings is 2. The number of nitrogens with one attached hydrogen (secondary N) is 1. The molecule has 0 aliphatic rings. The molecule has 0 unspecified atom stereocenters. The zero-order chi connectivity index (χ0) is 15.9. The zero-order valence-electron chi connectivity index (χ0n) is 12.5. The van der Waals surface area contributed by atoms with Crippen molar-refractivity contribution in [2.24, 2.45) is 0 Å². The van der Waals surface area contributed by atoms with Crippen LogP contribution in [0.1, 0.15) is 21.5 Å². The number of carbonyl (C=O) groups excluding carboxylic acids is 1. The van der Waals surface area contributed by atoms with Gasteiger partial charge in [-0.3, -0.25) is 4.79 Å². The Kier molecular flexibility index (Phi) is 4.59. The average molecular weight is 304 g/mol. The highest BCUT2D eigenvalue weighted by atomic mass is 16.1. The lowest BCUT2D eigenvalue weighted by atomic mass is 10.1. The standard InChI is InChI=1S/C18H16N4O/c23-18(20-11-10-15-4-2-1-3-5-15)17-8-6-16(7-9-17)12-22-14-19-13-21-22/h1-11,13-14H,12H2,(H,20,23). The summed E-state index contributed by atoms with van der Waals surface area (Å²) in [5.41, 5.74) is 2.72. The Balaban J connectivity index is 1.58. The molecular formula is C18H16N4O. The van der Waals surface area contributed by atoms with Crippen LogP contribution in [0, 0.1) is 0 Å². The molecule has 23 heavy (non-hydrogen) atoms. The lowest BCUT2D eigenvalue weighted by Crippen LogP contribution is -2.16. The maximum absolute atomic E-state index is 12.1. The summed E-state index contributed by atoms with van der Waals surface area (Å²) < 4.78 is 1.73. The second kappa shape index (κ2) is 7.17. The summed E-state index contributed by atoms with van der Waals surface area (Å²) in [7, 11) is 0. The quantitative estimate of drug-likeness (QED) is 0.788. The fraction of sp³-hybridized carbons (Fsp3) is 0.0556. The molecule has 5 nitrogen and oxygen atoms in total. The van der Waals surface area contributed by atoms with Crippen molar-refractivity contribution in [2.45, 2.75) is 6.54 Å². The predicted octanol–water partition coefficient (Wildman–Crippen LogP) is 2.73. The smallest absolute Gasteiger partial charge is 0.255 e. The summed E-state index contributed by atoms with van der Waals surface area (Å²) in [6.07, 6.45) is 6.67. The molecule has 3 aromatic rings. The summed E-state index contributed by atoms with van der Waals surface area (Å²) >= 11 is 0. The van der Waals surface area contributed by atoms with E-state index in [9.17, 15) is 4.79 Å². The first-order valence-corrected chi connectivity index (χ1v) is 7.25. The van der Waals surface area contributed by atoms with E-state index in [1.807, 2.05) is 48.5 Å². The monoisotopic (exact) mass is 304 g/mol. The topological polar surface area (TPSA) is 59.8 Å². The zero-order valence-corrected chi connectivity index (χ0v) is 12.5. The van der Waals surface area contributed by atoms with Crippen molar-refractivity contribution in [2.75, 3.05) is 0 Å². The van der Waals surface area contributed by atoms with Crippen molar-refractivity contribution in [1.29, 1.82) is 0 Å². The van der Waals surface area contributed by atoms with Crippen molar-refractivity contribution in [3.05, 3.63) is 90.1 Å². The number of hydrogen-bond donors (Lipinski definition) is 1. The Morgan fingerprint density at radius 2 is 1.87 bits per heavy atom. The lowest BCUT2D eigenvalue weighted by Gasteiger charge is -2.04. The van der Waals surface area contributed by atoms with Crippen molar-refractivity contribution >= 4 is 12.0 Å². The van der Waals surface area contributed by atoms with Crippen LogP contribution in [0.15, 0.2) is 73.5 Å². The summed E-state index contributed by atoms with van der Waals surface area (Å²) in [5, 5.41) is 6.82. The number of aromatic nitrogens is 3. The molecule has 0 aliphatic heterocycles. The number of rotatable bonds is 5. The van der Waals surface area contributed by atoms with Gasteiger partial charge in [0.25, 0.3) is 5.91 Å². The van der Waals surface area contributed by atoms with E-state index in [0.717, 1.165) is 11.1 Å². The first-order chi connectivity index (χ1) is 11.3. The second-order valence-corrected chi connectivity index (χ2v) is 5.01. The normalized spacial score (nSPS) is 10.8. The highest BCUT2D eigenvalue weighted by Crippen LogP contribution is 2.06. The molecule has 3 rings (SSSR count). The van der Waals surface area contributed by atoms with Gasteiger partial charge >= 0.3 is 0 Å². The Bertz CT molecular complexity index is 778. The molecule has 0 saturated heterocycles. The molecular weight excluding hydrogens is 288 g/mol. The minimum absolute atomic E-state index is 0.135. The number of hydrogen-bond acceptors (Lipinski definition) is 3. The van der Waals surface area contributed by atoms with Gasteiger partial charge in [0, 0.05) is 11.8 Å². The third kappa shape index (κ3) is 4.14. The SMILES string of the molecule is O=C(NC=Cc1ccccc1)c1ccc(Cn2cncn2)cc1. The Hall–Kier alpha value is -3.21. The van der Waals surface area contributed by atoms with Crippen LogP contribution in [-0.2, 0) is 6.54 Å². The van der Waals surface area contributed by atoms with E-state index >= 15 is 0 Å². The Morgan fingerprint density at radius 3 is 2.57 bits per heavy atom. The molecule has 1 N–H and O–H groups in total. The number of nitrogens with zero attached hydrogens (tertiary/aromatic N) is 3. The van der Waals surface area contributed by atoms with Crippen LogP contribution in [0.4, 0.5) is 0 Å². The molecule has 5 heteroatoms. The number of amides is 1. The highest BCUT2D eigenvalue weighted by Gasteiger charge is 2.03. The van der Waals surface area contributed by atoms with E-state index in [-0.39, 0.29) is 5.91 Å². The van der Waals surface area contributed by atoms with Crippen LogP contribution in [0.2, 0.25) is 0 Å². The van der Waals surface area contributed by atoms with Crippen molar-refractivity contribution in [3.8, 4) is 0 Å². The van der Waals surface area contributed by atoms with Gasteiger partial charge in [0.15, 0.2) is 0 Å². The van der Waals surface area contributed by atoms with Crippen LogP contribution in [-0.4, -0.2) is 20.7 Å². The van der Waals surface area contributed by atoms with Crippen molar-refractivity contribution in [3.63, 3.8) is 0 Å². The van der Waals surface area contributed by atoms with Crippen LogP contribution in [0.3, 0.4) is 0 Å². The van der Waals surface area contributed by atoms with E-state index in [1.165, 1.54) is 6.33 Å². The fourth-order valence-electron chi connectivity index (χ4n) is 2.12. The molecule has 0 aliphatic carbocycles. The van der Waals surface area contributed by atoms with E-state index in [4.69, 9.17) is 0 Å². The third-order valence-corrected chi connectivity index (χ3v) is 3.32. The van der Waals surface area contributed by atoms with E-state index in [1.54, 1.807) is 29.3 Å². The summed E-state index contributed by atoms with van der Waals surface area (Å²) in [6.45, 7) is 0.635. The first kappa shape index (κ1) is 14.7. The van der Waals surface area contributed by atoms with Gasteiger partial charge in [-0.25, -0.2) is 9.67 Å². The van der Waals surface area contributed by atoms with Gasteiger partial charge in [0.05, 0.1) is 6.54 Å². The molecule has 0 bridgehead atoms. The fourth-order valence-corrected chi connectivity index (χ4v) is 2.12. The van der Waals surface area contributed by atoms with E-state index in [0.29, 0.717) is 12.1 Å². The van der Waals surface area contributed by atoms with Gasteiger partial charge in [0.1, 0.15) is 12.7 Å². The average Bonchev–Trinajstić information content (AvgIpc) is 3.09. The summed E-state index contributed by atoms with van der Waals surface area (Å²) in [4.78, 5) is 16.0. The molecule has 0 spiro atoms. The maximum atomic E-state index is 12.1. The number of carbonyl (C=O) groups is 1. The maximum Gasteiger partial charge on any atom is 0.255 e. The molecule has 0 radical (unpaired) electrons. The van der Waals surface area contributed by atoms with Crippen LogP contribution in [0.25, 0.3) is 6.08 Å². The van der Waals surface area contributed by atoms with Gasteiger partial charge in [0.2, 0.25) is 0 Å². The second-order valence-electron chi connectivity index (χ2n) is 5.01. The largest absolute Gasteiger partial charge is 0.329 e. The minimum Gasteiger partial charge on any atom is -0.329 e. The molecule has 0 fully saturated rings. The van der Waals surface area contributed by atoms with Gasteiger partial charge in [-0.15, -0.1) is 0 Å². The Labute approximate surface area is 134 Å². The van der Waals surface area contributed by atoms with Gasteiger partial charge in [-0.1, -0.05) is 42.5 Å². The van der Waals surface area contributed by atoms with Crippen LogP contribution in [0.5, 0.6) is 0 Å². The minimum atomic E-state index is -0.135. The predicted molar refractivity (Wildman–Crippen MR) is 88.5 cm³/mol. The van der Waals surface area contributed by atoms with Crippen LogP contribution >= 0.6 is 0 Å².